The van der Waals surface area contributed by atoms with Crippen molar-refractivity contribution in [1.82, 2.24) is 16.0 Å². The number of unbranched alkanes of at least 4 members (excludes halogenated alkanes) is 43. The van der Waals surface area contributed by atoms with Crippen LogP contribution in [0, 0.1) is 35.5 Å². The highest BCUT2D eigenvalue weighted by molar-refractivity contribution is 5.99. The lowest BCUT2D eigenvalue weighted by Crippen LogP contribution is -2.47. The van der Waals surface area contributed by atoms with Crippen LogP contribution >= 0.6 is 0 Å². The lowest BCUT2D eigenvalue weighted by atomic mass is 9.80. The van der Waals surface area contributed by atoms with Crippen LogP contribution in [0.5, 0.6) is 40.2 Å². The first kappa shape index (κ1) is 120. The van der Waals surface area contributed by atoms with Crippen molar-refractivity contribution in [1.29, 1.82) is 0 Å². The summed E-state index contributed by atoms with van der Waals surface area (Å²) in [5.41, 5.74) is 1.29. The molecule has 0 saturated heterocycles. The van der Waals surface area contributed by atoms with E-state index in [2.05, 4.69) is 99.0 Å². The van der Waals surface area contributed by atoms with Crippen molar-refractivity contribution in [3.8, 4) is 40.2 Å². The maximum absolute atomic E-state index is 15.4. The summed E-state index contributed by atoms with van der Waals surface area (Å²) in [5.74, 6) is 7.16. The van der Waals surface area contributed by atoms with Gasteiger partial charge in [0.1, 0.15) is 24.0 Å². The fourth-order valence-corrected chi connectivity index (χ4v) is 18.2. The van der Waals surface area contributed by atoms with E-state index < -0.39 is 17.6 Å². The molecule has 5 aromatic rings. The van der Waals surface area contributed by atoms with Crippen molar-refractivity contribution in [3.63, 3.8) is 0 Å². The van der Waals surface area contributed by atoms with Crippen molar-refractivity contribution < 1.29 is 57.4 Å². The Kier molecular flexibility index (Phi) is 69.2. The molecule has 0 aromatic heterocycles. The molecule has 15 nitrogen and oxygen atoms in total. The molecule has 3 amide bonds. The van der Waals surface area contributed by atoms with Crippen LogP contribution in [0.4, 0.5) is 0 Å². The minimum atomic E-state index is -1.50. The van der Waals surface area contributed by atoms with E-state index in [1.54, 1.807) is 12.1 Å². The van der Waals surface area contributed by atoms with Crippen LogP contribution in [0.1, 0.15) is 486 Å². The predicted octanol–water partition coefficient (Wildman–Crippen LogP) is 33.2. The number of rotatable bonds is 91. The number of carbonyl (C=O) groups excluding carboxylic acids is 3. The van der Waals surface area contributed by atoms with Crippen LogP contribution in [0.15, 0.2) is 109 Å². The maximum atomic E-state index is 15.4. The van der Waals surface area contributed by atoms with Gasteiger partial charge >= 0.3 is 0 Å². The van der Waals surface area contributed by atoms with E-state index in [4.69, 9.17) is 37.9 Å². The quantitative estimate of drug-likeness (QED) is 0.0214. The summed E-state index contributed by atoms with van der Waals surface area (Å²) in [6.45, 7) is 31.8. The molecule has 136 heavy (non-hydrogen) atoms. The first-order chi connectivity index (χ1) is 66.3. The van der Waals surface area contributed by atoms with Crippen LogP contribution in [-0.4, -0.2) is 101 Å². The van der Waals surface area contributed by atoms with Crippen molar-refractivity contribution >= 4 is 17.7 Å². The normalized spacial score (nSPS) is 12.0. The molecular formula is C121H201N3O12. The van der Waals surface area contributed by atoms with Crippen molar-refractivity contribution in [2.75, 3.05) is 72.6 Å². The predicted molar refractivity (Wildman–Crippen MR) is 572 cm³/mol. The Balaban J connectivity index is 1.42. The third kappa shape index (κ3) is 57.1. The summed E-state index contributed by atoms with van der Waals surface area (Å²) in [5, 5.41) is 22.3. The summed E-state index contributed by atoms with van der Waals surface area (Å²) < 4.78 is 53.3. The molecule has 5 aromatic carbocycles. The average molecular weight is 1890 g/mol. The van der Waals surface area contributed by atoms with Gasteiger partial charge in [-0.1, -0.05) is 470 Å². The summed E-state index contributed by atoms with van der Waals surface area (Å²) in [6, 6.07) is 33.1. The molecule has 0 heterocycles. The van der Waals surface area contributed by atoms with Crippen molar-refractivity contribution in [2.45, 2.75) is 461 Å². The molecule has 0 bridgehead atoms. The SMILES string of the molecule is CC(C)CCCCCCCCCCOc1cc(C(=O)NCCCCC(NC(=O)c2cc(OCCCCCCCCCCC(C)C)c(OCCCCCCCCCCC(C)C)c(OCCCCCCCCCCC(C)C)c2)C(=O)NCCOCCOc2ccccc2C(O)(c2ccccc2)c2ccccc2)cc(OCCCCCCCCCCC(C)C)c1OCCCCCCCCCCC(C)C. The molecule has 772 valence electrons. The van der Waals surface area contributed by atoms with E-state index >= 15 is 4.79 Å². The summed E-state index contributed by atoms with van der Waals surface area (Å²) >= 11 is 0. The zero-order valence-corrected chi connectivity index (χ0v) is 89.0. The van der Waals surface area contributed by atoms with Crippen LogP contribution in [0.25, 0.3) is 0 Å². The molecule has 0 aliphatic carbocycles. The van der Waals surface area contributed by atoms with Gasteiger partial charge in [-0.25, -0.2) is 0 Å². The number of benzene rings is 5. The van der Waals surface area contributed by atoms with E-state index in [1.165, 1.54) is 250 Å². The number of carbonyl (C=O) groups is 3. The Morgan fingerprint density at radius 2 is 0.522 bits per heavy atom. The van der Waals surface area contributed by atoms with Gasteiger partial charge in [0.05, 0.1) is 52.9 Å². The Hall–Kier alpha value is -6.97. The van der Waals surface area contributed by atoms with Crippen LogP contribution in [0.2, 0.25) is 0 Å². The fourth-order valence-electron chi connectivity index (χ4n) is 18.2. The van der Waals surface area contributed by atoms with Gasteiger partial charge in [-0.05, 0) is 135 Å². The number of para-hydroxylation sites is 1. The number of hydrogen-bond donors (Lipinski definition) is 4. The molecule has 1 atom stereocenters. The van der Waals surface area contributed by atoms with Gasteiger partial charge in [0.25, 0.3) is 11.8 Å². The minimum absolute atomic E-state index is 0.161. The Morgan fingerprint density at radius 3 is 0.838 bits per heavy atom. The van der Waals surface area contributed by atoms with E-state index in [0.717, 1.165) is 132 Å². The maximum Gasteiger partial charge on any atom is 0.252 e. The average Bonchev–Trinajstić information content (AvgIpc) is 0.747. The van der Waals surface area contributed by atoms with E-state index in [0.29, 0.717) is 127 Å². The van der Waals surface area contributed by atoms with Crippen molar-refractivity contribution in [2.24, 2.45) is 35.5 Å². The number of nitrogens with one attached hydrogen (secondary N) is 3. The lowest BCUT2D eigenvalue weighted by Gasteiger charge is -2.31. The molecule has 15 heteroatoms. The second kappa shape index (κ2) is 78.7. The summed E-state index contributed by atoms with van der Waals surface area (Å²) in [4.78, 5) is 45.1. The number of ether oxygens (including phenoxy) is 8. The third-order valence-corrected chi connectivity index (χ3v) is 26.7. The molecule has 0 fully saturated rings. The zero-order valence-electron chi connectivity index (χ0n) is 89.0. The van der Waals surface area contributed by atoms with Gasteiger partial charge in [-0.3, -0.25) is 14.4 Å². The van der Waals surface area contributed by atoms with Crippen LogP contribution in [0.3, 0.4) is 0 Å². The summed E-state index contributed by atoms with van der Waals surface area (Å²) in [7, 11) is 0. The molecule has 0 spiro atoms. The van der Waals surface area contributed by atoms with Gasteiger partial charge in [-0.15, -0.1) is 0 Å². The zero-order chi connectivity index (χ0) is 97.8. The van der Waals surface area contributed by atoms with Gasteiger partial charge in [0.15, 0.2) is 23.0 Å². The fraction of sp³-hybridized carbons (Fsp3) is 0.727. The molecule has 0 saturated carbocycles. The highest BCUT2D eigenvalue weighted by atomic mass is 16.6. The number of amides is 3. The second-order valence-corrected chi connectivity index (χ2v) is 42.2. The monoisotopic (exact) mass is 1890 g/mol. The van der Waals surface area contributed by atoms with Gasteiger partial charge < -0.3 is 59.0 Å². The highest BCUT2D eigenvalue weighted by Crippen LogP contribution is 2.44. The molecule has 0 radical (unpaired) electrons. The topological polar surface area (TPSA) is 181 Å². The highest BCUT2D eigenvalue weighted by Gasteiger charge is 2.37. The molecule has 4 N–H and O–H groups in total. The van der Waals surface area contributed by atoms with Crippen LogP contribution < -0.4 is 49.1 Å². The standard InChI is InChI=1S/C121H201N3O12/c1-99(2)71-51-37-25-13-19-31-43-65-86-130-112-95-105(96-113(131-87-66-44-32-20-14-26-38-52-72-100(3)4)116(112)135-90-69-47-35-23-17-29-41-55-75-103(9)10)118(125)122-84-64-63-82-110(120(127)123-85-92-129-93-94-134-111-83-62-61-81-109(111)121(128,107-77-57-49-58-78-107)108-79-59-50-60-80-108)124-119(126)106-97-114(132-88-67-45-33-21-15-27-39-53-73-101(5)6)117(136-91-70-48-36-24-18-30-42-56-76-104(11)12)115(98-106)133-89-68-46-34-22-16-28-40-54-74-102(7)8/h49-50,57-62,77-81,83,95-104,110,128H,13-48,51-56,63-76,82,84-94H2,1-12H3,(H,122,125)(H,123,127)(H,124,126). The first-order valence-corrected chi connectivity index (χ1v) is 56.4. The van der Waals surface area contributed by atoms with Crippen LogP contribution in [-0.2, 0) is 15.1 Å². The van der Waals surface area contributed by atoms with Gasteiger partial charge in [0, 0.05) is 29.8 Å². The van der Waals surface area contributed by atoms with Gasteiger partial charge in [0.2, 0.25) is 17.4 Å². The van der Waals surface area contributed by atoms with E-state index in [1.807, 2.05) is 97.1 Å². The number of hydrogen-bond acceptors (Lipinski definition) is 12. The Bertz CT molecular complexity index is 3570. The molecule has 1 unspecified atom stereocenters. The van der Waals surface area contributed by atoms with E-state index in [-0.39, 0.29) is 44.6 Å². The Morgan fingerprint density at radius 1 is 0.257 bits per heavy atom. The molecule has 0 aliphatic rings. The largest absolute Gasteiger partial charge is 0.491 e. The third-order valence-electron chi connectivity index (χ3n) is 26.7. The minimum Gasteiger partial charge on any atom is -0.491 e. The Labute approximate surface area is 832 Å². The summed E-state index contributed by atoms with van der Waals surface area (Å²) in [6.07, 6.45) is 66.0. The van der Waals surface area contributed by atoms with Crippen molar-refractivity contribution in [3.05, 3.63) is 137 Å². The molecular weight excluding hydrogens is 1690 g/mol. The van der Waals surface area contributed by atoms with Gasteiger partial charge in [-0.2, -0.15) is 0 Å². The smallest absolute Gasteiger partial charge is 0.252 e. The lowest BCUT2D eigenvalue weighted by molar-refractivity contribution is -0.123. The second-order valence-electron chi connectivity index (χ2n) is 42.2. The number of aliphatic hydroxyl groups is 1. The van der Waals surface area contributed by atoms with E-state index in [9.17, 15) is 14.7 Å². The molecule has 0 aliphatic heterocycles. The molecule has 5 rings (SSSR count). The first-order valence-electron chi connectivity index (χ1n) is 56.4.